The summed E-state index contributed by atoms with van der Waals surface area (Å²) in [7, 11) is 0. The summed E-state index contributed by atoms with van der Waals surface area (Å²) in [6.07, 6.45) is 12.3. The number of anilines is 2. The van der Waals surface area contributed by atoms with Crippen LogP contribution < -0.4 is 10.6 Å². The molecule has 0 aliphatic heterocycles. The predicted molar refractivity (Wildman–Crippen MR) is 133 cm³/mol. The normalized spacial score (nSPS) is 14.0. The molecule has 0 saturated heterocycles. The van der Waals surface area contributed by atoms with Crippen LogP contribution in [-0.4, -0.2) is 17.4 Å². The van der Waals surface area contributed by atoms with Gasteiger partial charge in [-0.15, -0.1) is 0 Å². The van der Waals surface area contributed by atoms with Gasteiger partial charge in [-0.3, -0.25) is 9.78 Å². The molecule has 2 N–H and O–H groups in total. The van der Waals surface area contributed by atoms with Crippen molar-refractivity contribution in [2.24, 2.45) is 5.92 Å². The van der Waals surface area contributed by atoms with Crippen LogP contribution in [0.4, 0.5) is 11.4 Å². The fourth-order valence-corrected chi connectivity index (χ4v) is 4.27. The average Bonchev–Trinajstić information content (AvgIpc) is 3.34. The van der Waals surface area contributed by atoms with Gasteiger partial charge in [0.15, 0.2) is 0 Å². The Hall–Kier alpha value is -3.40. The topological polar surface area (TPSA) is 54.0 Å². The van der Waals surface area contributed by atoms with Crippen molar-refractivity contribution in [1.29, 1.82) is 0 Å². The summed E-state index contributed by atoms with van der Waals surface area (Å²) in [5.41, 5.74) is 5.82. The third-order valence-corrected chi connectivity index (χ3v) is 6.10. The van der Waals surface area contributed by atoms with Crippen LogP contribution in [-0.2, 0) is 0 Å². The van der Waals surface area contributed by atoms with E-state index in [1.54, 1.807) is 6.20 Å². The molecule has 1 aromatic heterocycles. The number of carbonyl (C=O) groups excluding carboxylic acids is 1. The van der Waals surface area contributed by atoms with Gasteiger partial charge in [0, 0.05) is 29.7 Å². The summed E-state index contributed by atoms with van der Waals surface area (Å²) >= 11 is 0. The van der Waals surface area contributed by atoms with Crippen molar-refractivity contribution in [3.05, 3.63) is 89.2 Å². The van der Waals surface area contributed by atoms with E-state index >= 15 is 0 Å². The van der Waals surface area contributed by atoms with E-state index < -0.39 is 0 Å². The Morgan fingerprint density at radius 3 is 2.69 bits per heavy atom. The molecule has 0 spiro atoms. The Balaban J connectivity index is 1.36. The zero-order valence-electron chi connectivity index (χ0n) is 18.7. The quantitative estimate of drug-likeness (QED) is 0.427. The van der Waals surface area contributed by atoms with Gasteiger partial charge in [0.2, 0.25) is 0 Å². The first-order valence-electron chi connectivity index (χ1n) is 11.5. The second kappa shape index (κ2) is 10.8. The van der Waals surface area contributed by atoms with Gasteiger partial charge >= 0.3 is 0 Å². The van der Waals surface area contributed by atoms with Gasteiger partial charge in [0.1, 0.15) is 0 Å². The number of carbonyl (C=O) groups is 1. The van der Waals surface area contributed by atoms with E-state index in [1.165, 1.54) is 25.7 Å². The van der Waals surface area contributed by atoms with Gasteiger partial charge in [-0.05, 0) is 78.9 Å². The van der Waals surface area contributed by atoms with Crippen molar-refractivity contribution < 1.29 is 4.79 Å². The van der Waals surface area contributed by atoms with Gasteiger partial charge in [-0.1, -0.05) is 50.0 Å². The van der Waals surface area contributed by atoms with E-state index in [0.29, 0.717) is 5.56 Å². The number of rotatable bonds is 8. The van der Waals surface area contributed by atoms with Gasteiger partial charge in [0.25, 0.3) is 5.91 Å². The highest BCUT2D eigenvalue weighted by atomic mass is 16.1. The van der Waals surface area contributed by atoms with E-state index in [2.05, 4.69) is 46.8 Å². The van der Waals surface area contributed by atoms with Crippen LogP contribution in [0, 0.1) is 12.8 Å². The maximum Gasteiger partial charge on any atom is 0.251 e. The van der Waals surface area contributed by atoms with Crippen molar-refractivity contribution >= 4 is 29.4 Å². The second-order valence-electron chi connectivity index (χ2n) is 8.56. The lowest BCUT2D eigenvalue weighted by Gasteiger charge is -2.13. The first-order chi connectivity index (χ1) is 15.7. The lowest BCUT2D eigenvalue weighted by molar-refractivity contribution is 0.0951. The first kappa shape index (κ1) is 21.8. The number of aromatic nitrogens is 1. The third kappa shape index (κ3) is 6.07. The SMILES string of the molecule is Cc1cc(/C=C/c2ccccn2)ccc1Nc1cccc(C(=O)NCCC2CCCC2)c1. The standard InChI is InChI=1S/C28H31N3O/c1-21-19-23(12-14-25-10-4-5-17-29-25)13-15-27(21)31-26-11-6-9-24(20-26)28(32)30-18-16-22-7-2-3-8-22/h4-6,9-15,17,19-20,22,31H,2-3,7-8,16,18H2,1H3,(H,30,32)/b14-12+. The lowest BCUT2D eigenvalue weighted by atomic mass is 10.0. The molecule has 32 heavy (non-hydrogen) atoms. The number of hydrogen-bond acceptors (Lipinski definition) is 3. The van der Waals surface area contributed by atoms with Gasteiger partial charge < -0.3 is 10.6 Å². The van der Waals surface area contributed by atoms with E-state index in [1.807, 2.05) is 48.5 Å². The Labute approximate surface area is 190 Å². The van der Waals surface area contributed by atoms with E-state index in [4.69, 9.17) is 0 Å². The van der Waals surface area contributed by atoms with Crippen LogP contribution in [0.1, 0.15) is 59.3 Å². The molecule has 1 aliphatic carbocycles. The minimum atomic E-state index is -0.00150. The van der Waals surface area contributed by atoms with Crippen molar-refractivity contribution in [3.8, 4) is 0 Å². The van der Waals surface area contributed by atoms with Gasteiger partial charge in [0.05, 0.1) is 5.69 Å². The van der Waals surface area contributed by atoms with Crippen molar-refractivity contribution in [2.45, 2.75) is 39.0 Å². The number of nitrogens with one attached hydrogen (secondary N) is 2. The van der Waals surface area contributed by atoms with Crippen LogP contribution in [0.5, 0.6) is 0 Å². The second-order valence-corrected chi connectivity index (χ2v) is 8.56. The average molecular weight is 426 g/mol. The predicted octanol–water partition coefficient (Wildman–Crippen LogP) is 6.61. The Bertz CT molecular complexity index is 1070. The highest BCUT2D eigenvalue weighted by Crippen LogP contribution is 2.27. The molecule has 4 nitrogen and oxygen atoms in total. The number of aryl methyl sites for hydroxylation is 1. The zero-order valence-corrected chi connectivity index (χ0v) is 18.7. The fourth-order valence-electron chi connectivity index (χ4n) is 4.27. The molecule has 0 radical (unpaired) electrons. The summed E-state index contributed by atoms with van der Waals surface area (Å²) in [5.74, 6) is 0.784. The Kier molecular flexibility index (Phi) is 7.34. The van der Waals surface area contributed by atoms with Crippen molar-refractivity contribution in [1.82, 2.24) is 10.3 Å². The number of amides is 1. The maximum atomic E-state index is 12.6. The van der Waals surface area contributed by atoms with E-state index in [0.717, 1.165) is 47.1 Å². The molecule has 0 unspecified atom stereocenters. The molecule has 0 atom stereocenters. The van der Waals surface area contributed by atoms with Crippen LogP contribution >= 0.6 is 0 Å². The molecule has 0 bridgehead atoms. The van der Waals surface area contributed by atoms with E-state index in [9.17, 15) is 4.79 Å². The summed E-state index contributed by atoms with van der Waals surface area (Å²) in [6.45, 7) is 2.84. The van der Waals surface area contributed by atoms with Crippen molar-refractivity contribution in [2.75, 3.05) is 11.9 Å². The number of pyridine rings is 1. The van der Waals surface area contributed by atoms with Gasteiger partial charge in [-0.25, -0.2) is 0 Å². The molecular weight excluding hydrogens is 394 g/mol. The van der Waals surface area contributed by atoms with Crippen molar-refractivity contribution in [3.63, 3.8) is 0 Å². The number of hydrogen-bond donors (Lipinski definition) is 2. The van der Waals surface area contributed by atoms with Crippen LogP contribution in [0.3, 0.4) is 0 Å². The fraction of sp³-hybridized carbons (Fsp3) is 0.286. The molecule has 164 valence electrons. The molecule has 1 amide bonds. The van der Waals surface area contributed by atoms with Crippen LogP contribution in [0.2, 0.25) is 0 Å². The molecule has 4 rings (SSSR count). The highest BCUT2D eigenvalue weighted by Gasteiger charge is 2.15. The van der Waals surface area contributed by atoms with Gasteiger partial charge in [-0.2, -0.15) is 0 Å². The number of benzene rings is 2. The summed E-state index contributed by atoms with van der Waals surface area (Å²) < 4.78 is 0. The monoisotopic (exact) mass is 425 g/mol. The molecular formula is C28H31N3O. The summed E-state index contributed by atoms with van der Waals surface area (Å²) in [6, 6.07) is 19.9. The molecule has 1 heterocycles. The molecule has 3 aromatic rings. The van der Waals surface area contributed by atoms with Crippen LogP contribution in [0.15, 0.2) is 66.9 Å². The summed E-state index contributed by atoms with van der Waals surface area (Å²) in [4.78, 5) is 16.9. The first-order valence-corrected chi connectivity index (χ1v) is 11.5. The van der Waals surface area contributed by atoms with E-state index in [-0.39, 0.29) is 5.91 Å². The Morgan fingerprint density at radius 2 is 1.91 bits per heavy atom. The molecule has 1 saturated carbocycles. The lowest BCUT2D eigenvalue weighted by Crippen LogP contribution is -2.25. The molecule has 1 aliphatic rings. The maximum absolute atomic E-state index is 12.6. The summed E-state index contributed by atoms with van der Waals surface area (Å²) in [5, 5.41) is 6.54. The highest BCUT2D eigenvalue weighted by molar-refractivity contribution is 5.95. The molecule has 1 fully saturated rings. The third-order valence-electron chi connectivity index (χ3n) is 6.10. The number of nitrogens with zero attached hydrogens (tertiary/aromatic N) is 1. The van der Waals surface area contributed by atoms with Crippen LogP contribution in [0.25, 0.3) is 12.2 Å². The largest absolute Gasteiger partial charge is 0.355 e. The minimum Gasteiger partial charge on any atom is -0.355 e. The smallest absolute Gasteiger partial charge is 0.251 e. The Morgan fingerprint density at radius 1 is 1.03 bits per heavy atom. The molecule has 4 heteroatoms. The molecule has 2 aromatic carbocycles. The minimum absolute atomic E-state index is 0.00150. The zero-order chi connectivity index (χ0) is 22.2.